The van der Waals surface area contributed by atoms with Gasteiger partial charge in [0.25, 0.3) is 0 Å². The fourth-order valence-corrected chi connectivity index (χ4v) is 5.53. The third-order valence-corrected chi connectivity index (χ3v) is 8.20. The van der Waals surface area contributed by atoms with Gasteiger partial charge in [0.1, 0.15) is 5.82 Å². The normalized spacial score (nSPS) is 26.4. The minimum absolute atomic E-state index is 0.0164. The average molecular weight is 444 g/mol. The third-order valence-electron chi connectivity index (χ3n) is 6.77. The molecule has 2 heterocycles. The van der Waals surface area contributed by atoms with Gasteiger partial charge in [-0.2, -0.15) is 4.98 Å². The molecule has 9 nitrogen and oxygen atoms in total. The maximum absolute atomic E-state index is 13.3. The maximum Gasteiger partial charge on any atom is 0.240 e. The van der Waals surface area contributed by atoms with Crippen molar-refractivity contribution in [2.24, 2.45) is 0 Å². The first-order chi connectivity index (χ1) is 14.7. The van der Waals surface area contributed by atoms with Gasteiger partial charge < -0.3 is 10.4 Å². The van der Waals surface area contributed by atoms with Crippen LogP contribution in [0.25, 0.3) is 0 Å². The van der Waals surface area contributed by atoms with Crippen LogP contribution in [0.2, 0.25) is 0 Å². The third kappa shape index (κ3) is 3.12. The first-order valence-corrected chi connectivity index (χ1v) is 11.9. The van der Waals surface area contributed by atoms with Crippen LogP contribution >= 0.6 is 0 Å². The zero-order chi connectivity index (χ0) is 22.0. The van der Waals surface area contributed by atoms with E-state index in [4.69, 9.17) is 0 Å². The molecular formula is C21H25N5O4S. The number of hydrogen-bond donors (Lipinski definition) is 3. The fourth-order valence-electron chi connectivity index (χ4n) is 4.80. The van der Waals surface area contributed by atoms with Crippen LogP contribution in [0.5, 0.6) is 0 Å². The van der Waals surface area contributed by atoms with Gasteiger partial charge in [0.2, 0.25) is 21.9 Å². The van der Waals surface area contributed by atoms with Gasteiger partial charge in [-0.1, -0.05) is 0 Å². The second-order valence-electron chi connectivity index (χ2n) is 8.81. The zero-order valence-corrected chi connectivity index (χ0v) is 18.2. The number of rotatable bonds is 5. The molecule has 31 heavy (non-hydrogen) atoms. The Balaban J connectivity index is 1.47. The molecule has 1 aliphatic heterocycles. The lowest BCUT2D eigenvalue weighted by molar-refractivity contribution is -0.121. The molecule has 3 aliphatic rings. The van der Waals surface area contributed by atoms with Crippen molar-refractivity contribution in [3.05, 3.63) is 36.0 Å². The summed E-state index contributed by atoms with van der Waals surface area (Å²) in [6.45, 7) is 1.79. The van der Waals surface area contributed by atoms with E-state index >= 15 is 0 Å². The van der Waals surface area contributed by atoms with Crippen molar-refractivity contribution in [1.29, 1.82) is 0 Å². The standard InChI is InChI=1S/C21H25N5O4S/c1-20(28)9-3-4-16(20)26-17-15(21(10-11-21)18(26)27)12-23-19(25-17)24-13-5-7-14(8-6-13)31(29,30)22-2/h5-8,12,16,22,28H,3-4,9-11H2,1-2H3,(H,23,24,25)/t16-,20-/m1/s1. The van der Waals surface area contributed by atoms with Crippen molar-refractivity contribution >= 4 is 33.4 Å². The van der Waals surface area contributed by atoms with Crippen molar-refractivity contribution in [1.82, 2.24) is 14.7 Å². The molecule has 3 N–H and O–H groups in total. The van der Waals surface area contributed by atoms with E-state index in [-0.39, 0.29) is 16.8 Å². The lowest BCUT2D eigenvalue weighted by atomic mass is 9.98. The van der Waals surface area contributed by atoms with Gasteiger partial charge in [0.15, 0.2) is 0 Å². The molecule has 1 spiro atoms. The predicted molar refractivity (Wildman–Crippen MR) is 115 cm³/mol. The van der Waals surface area contributed by atoms with Crippen LogP contribution in [-0.4, -0.2) is 48.1 Å². The van der Waals surface area contributed by atoms with Crippen molar-refractivity contribution < 1.29 is 18.3 Å². The summed E-state index contributed by atoms with van der Waals surface area (Å²) in [5.41, 5.74) is -0.0166. The maximum atomic E-state index is 13.3. The Hall–Kier alpha value is -2.56. The molecule has 1 amide bonds. The Bertz CT molecular complexity index is 1160. The highest BCUT2D eigenvalue weighted by Gasteiger charge is 2.63. The Morgan fingerprint density at radius 2 is 1.90 bits per heavy atom. The van der Waals surface area contributed by atoms with E-state index in [1.165, 1.54) is 19.2 Å². The zero-order valence-electron chi connectivity index (χ0n) is 17.4. The summed E-state index contributed by atoms with van der Waals surface area (Å²) in [7, 11) is -2.15. The first kappa shape index (κ1) is 20.3. The molecule has 0 radical (unpaired) electrons. The van der Waals surface area contributed by atoms with Gasteiger partial charge in [-0.3, -0.25) is 9.69 Å². The van der Waals surface area contributed by atoms with E-state index in [0.717, 1.165) is 31.2 Å². The summed E-state index contributed by atoms with van der Waals surface area (Å²) in [5, 5.41) is 13.9. The van der Waals surface area contributed by atoms with E-state index in [9.17, 15) is 18.3 Å². The Morgan fingerprint density at radius 3 is 2.48 bits per heavy atom. The molecule has 2 saturated carbocycles. The SMILES string of the molecule is CNS(=O)(=O)c1ccc(Nc2ncc3c(n2)N([C@@H]2CCC[C@@]2(C)O)C(=O)C32CC2)cc1. The molecule has 164 valence electrons. The smallest absolute Gasteiger partial charge is 0.240 e. The average Bonchev–Trinajstić information content (AvgIpc) is 3.42. The number of carbonyl (C=O) groups is 1. The van der Waals surface area contributed by atoms with Crippen LogP contribution in [0.1, 0.15) is 44.6 Å². The number of nitrogens with zero attached hydrogens (tertiary/aromatic N) is 3. The second kappa shape index (κ2) is 6.72. The number of amides is 1. The quantitative estimate of drug-likeness (QED) is 0.644. The van der Waals surface area contributed by atoms with Crippen LogP contribution in [0, 0.1) is 0 Å². The summed E-state index contributed by atoms with van der Waals surface area (Å²) in [5.74, 6) is 0.903. The number of anilines is 3. The van der Waals surface area contributed by atoms with E-state index in [1.54, 1.807) is 30.2 Å². The lowest BCUT2D eigenvalue weighted by Gasteiger charge is -2.33. The lowest BCUT2D eigenvalue weighted by Crippen LogP contribution is -2.50. The summed E-state index contributed by atoms with van der Waals surface area (Å²) in [4.78, 5) is 24.2. The van der Waals surface area contributed by atoms with E-state index in [1.807, 2.05) is 0 Å². The molecule has 2 atom stereocenters. The molecule has 0 saturated heterocycles. The van der Waals surface area contributed by atoms with Gasteiger partial charge in [0.05, 0.1) is 22.0 Å². The highest BCUT2D eigenvalue weighted by molar-refractivity contribution is 7.89. The number of sulfonamides is 1. The van der Waals surface area contributed by atoms with Crippen molar-refractivity contribution in [2.75, 3.05) is 17.3 Å². The minimum atomic E-state index is -3.51. The Kier molecular flexibility index (Phi) is 4.41. The summed E-state index contributed by atoms with van der Waals surface area (Å²) < 4.78 is 26.1. The van der Waals surface area contributed by atoms with Crippen LogP contribution < -0.4 is 14.9 Å². The summed E-state index contributed by atoms with van der Waals surface area (Å²) in [6.07, 6.45) is 5.52. The number of carbonyl (C=O) groups excluding carboxylic acids is 1. The number of fused-ring (bicyclic) bond motifs is 2. The van der Waals surface area contributed by atoms with Gasteiger partial charge in [-0.05, 0) is 70.3 Å². The molecule has 0 unspecified atom stereocenters. The number of nitrogens with one attached hydrogen (secondary N) is 2. The van der Waals surface area contributed by atoms with Crippen LogP contribution in [-0.2, 0) is 20.2 Å². The van der Waals surface area contributed by atoms with Crippen LogP contribution in [0.4, 0.5) is 17.5 Å². The van der Waals surface area contributed by atoms with Gasteiger partial charge in [-0.25, -0.2) is 18.1 Å². The summed E-state index contributed by atoms with van der Waals surface area (Å²) in [6, 6.07) is 5.95. The number of aromatic nitrogens is 2. The fraction of sp³-hybridized carbons (Fsp3) is 0.476. The largest absolute Gasteiger partial charge is 0.388 e. The molecule has 1 aromatic heterocycles. The molecule has 10 heteroatoms. The first-order valence-electron chi connectivity index (χ1n) is 10.4. The van der Waals surface area contributed by atoms with Gasteiger partial charge >= 0.3 is 0 Å². The van der Waals surface area contributed by atoms with E-state index < -0.39 is 21.0 Å². The highest BCUT2D eigenvalue weighted by atomic mass is 32.2. The number of benzene rings is 1. The van der Waals surface area contributed by atoms with Crippen molar-refractivity contribution in [3.63, 3.8) is 0 Å². The Labute approximate surface area is 181 Å². The molecular weight excluding hydrogens is 418 g/mol. The summed E-state index contributed by atoms with van der Waals surface area (Å²) >= 11 is 0. The van der Waals surface area contributed by atoms with Crippen molar-refractivity contribution in [2.45, 2.75) is 61.0 Å². The van der Waals surface area contributed by atoms with Crippen molar-refractivity contribution in [3.8, 4) is 0 Å². The molecule has 1 aromatic carbocycles. The predicted octanol–water partition coefficient (Wildman–Crippen LogP) is 1.81. The monoisotopic (exact) mass is 443 g/mol. The van der Waals surface area contributed by atoms with Gasteiger partial charge in [-0.15, -0.1) is 0 Å². The minimum Gasteiger partial charge on any atom is -0.388 e. The second-order valence-corrected chi connectivity index (χ2v) is 10.7. The Morgan fingerprint density at radius 1 is 1.19 bits per heavy atom. The molecule has 5 rings (SSSR count). The number of aliphatic hydroxyl groups is 1. The van der Waals surface area contributed by atoms with Crippen LogP contribution in [0.15, 0.2) is 35.4 Å². The van der Waals surface area contributed by atoms with Gasteiger partial charge in [0, 0.05) is 17.4 Å². The van der Waals surface area contributed by atoms with E-state index in [0.29, 0.717) is 23.9 Å². The van der Waals surface area contributed by atoms with Crippen LogP contribution in [0.3, 0.4) is 0 Å². The molecule has 2 aliphatic carbocycles. The molecule has 0 bridgehead atoms. The van der Waals surface area contributed by atoms with E-state index in [2.05, 4.69) is 20.0 Å². The number of hydrogen-bond acceptors (Lipinski definition) is 7. The topological polar surface area (TPSA) is 125 Å². The molecule has 2 aromatic rings. The highest BCUT2D eigenvalue weighted by Crippen LogP contribution is 2.58. The molecule has 2 fully saturated rings.